The largest absolute Gasteiger partial charge is 0.486 e. The number of amides is 2. The van der Waals surface area contributed by atoms with E-state index in [0.29, 0.717) is 99.6 Å². The van der Waals surface area contributed by atoms with Crippen molar-refractivity contribution in [3.63, 3.8) is 0 Å². The quantitative estimate of drug-likeness (QED) is 0.0678. The highest BCUT2D eigenvalue weighted by molar-refractivity contribution is 6.05. The van der Waals surface area contributed by atoms with Gasteiger partial charge in [-0.15, -0.1) is 0 Å². The van der Waals surface area contributed by atoms with Gasteiger partial charge < -0.3 is 58.0 Å². The summed E-state index contributed by atoms with van der Waals surface area (Å²) in [4.78, 5) is 50.7. The Balaban J connectivity index is 0.000000117. The van der Waals surface area contributed by atoms with Crippen molar-refractivity contribution < 1.29 is 65.7 Å². The zero-order valence-electron chi connectivity index (χ0n) is 69.6. The molecular formula is C100H100F2N10O12. The van der Waals surface area contributed by atoms with E-state index >= 15 is 0 Å². The summed E-state index contributed by atoms with van der Waals surface area (Å²) in [6, 6.07) is 74.8. The first-order chi connectivity index (χ1) is 60.8. The maximum atomic E-state index is 13.2. The summed E-state index contributed by atoms with van der Waals surface area (Å²) in [5.74, 6) is 7.16. The first-order valence-corrected chi connectivity index (χ1v) is 42.8. The molecule has 0 bridgehead atoms. The molecule has 2 N–H and O–H groups in total. The van der Waals surface area contributed by atoms with Crippen LogP contribution in [0.1, 0.15) is 152 Å². The van der Waals surface area contributed by atoms with Gasteiger partial charge in [0.15, 0.2) is 46.0 Å². The average molecular weight is 1670 g/mol. The van der Waals surface area contributed by atoms with Crippen molar-refractivity contribution in [2.45, 2.75) is 116 Å². The third kappa shape index (κ3) is 21.5. The van der Waals surface area contributed by atoms with Gasteiger partial charge in [0.1, 0.15) is 64.4 Å². The van der Waals surface area contributed by atoms with Crippen LogP contribution in [0, 0.1) is 25.7 Å². The van der Waals surface area contributed by atoms with Gasteiger partial charge in [0.25, 0.3) is 11.8 Å². The molecule has 636 valence electrons. The molecule has 0 radical (unpaired) electrons. The number of carbonyl (C=O) groups is 2. The molecular weight excluding hydrogens is 1570 g/mol. The molecule has 4 atom stereocenters. The van der Waals surface area contributed by atoms with Crippen molar-refractivity contribution >= 4 is 23.2 Å². The molecule has 8 aliphatic rings. The Bertz CT molecular complexity index is 5310. The third-order valence-electron chi connectivity index (χ3n) is 23.2. The van der Waals surface area contributed by atoms with Gasteiger partial charge in [-0.2, -0.15) is 18.7 Å². The predicted molar refractivity (Wildman–Crippen MR) is 467 cm³/mol. The molecule has 4 saturated heterocycles. The molecule has 24 heteroatoms. The summed E-state index contributed by atoms with van der Waals surface area (Å²) < 4.78 is 83.4. The SMILES string of the molecule is Cc1cc(C(=O)Nc2ccc(CN3CCC[C@@H]3c3ccc4c(c3)OCCO4)cc2)ccn1.Cc1cc(C(=O)Nc2ccc(CN3CCC[C@H]3c3ccc4c(c3)OCCO4)cc2)ccn1.Fc1cccc(Oc2ccc(CN3CCC[C@@H]3c3ccc4c(c3)OCCO4)cc2)n1.Fc1cccc(Oc2ccc(CN3CCC[C@H]3c3ccc4c(c3)OCCO4)cc2)n1. The average Bonchev–Trinajstić information content (AvgIpc) is 1.48. The molecule has 124 heavy (non-hydrogen) atoms. The standard InChI is InChI=1S/2C26H27N3O3.2C24H23FN2O3/c2*1-18-15-21(10-11-27-18)26(30)28-22-7-4-19(5-8-22)17-29-12-2-3-23(29)20-6-9-24-25(16-20)32-14-13-31-24;2*25-23-4-1-5-24(26-23)30-19-9-6-17(7-10-19)16-27-12-2-3-20(27)18-8-11-21-22(15-18)29-14-13-28-21/h2*4-11,15-16,23H,2-3,12-14,17H2,1H3,(H,28,30);2*1,4-11,15,20H,2-3,12-14,16H2/t2*23-;2*20-/m1010/s1. The molecule has 20 rings (SSSR count). The fourth-order valence-electron chi connectivity index (χ4n) is 17.2. The maximum Gasteiger partial charge on any atom is 0.255 e. The zero-order chi connectivity index (χ0) is 84.5. The number of benzene rings is 8. The number of fused-ring (bicyclic) bond motifs is 4. The minimum Gasteiger partial charge on any atom is -0.486 e. The Morgan fingerprint density at radius 2 is 0.629 bits per heavy atom. The number of halogens is 2. The first kappa shape index (κ1) is 83.3. The van der Waals surface area contributed by atoms with E-state index in [0.717, 1.165) is 147 Å². The lowest BCUT2D eigenvalue weighted by Gasteiger charge is -2.26. The molecule has 0 spiro atoms. The van der Waals surface area contributed by atoms with Crippen LogP contribution < -0.4 is 58.0 Å². The van der Waals surface area contributed by atoms with E-state index in [9.17, 15) is 18.4 Å². The lowest BCUT2D eigenvalue weighted by Crippen LogP contribution is -2.23. The topological polar surface area (TPSA) is 215 Å². The van der Waals surface area contributed by atoms with Crippen LogP contribution in [0.3, 0.4) is 0 Å². The van der Waals surface area contributed by atoms with Gasteiger partial charge in [0.05, 0.1) is 0 Å². The number of nitrogens with zero attached hydrogens (tertiary/aromatic N) is 8. The molecule has 4 fully saturated rings. The van der Waals surface area contributed by atoms with Gasteiger partial charge in [0, 0.05) is 109 Å². The molecule has 12 aromatic rings. The van der Waals surface area contributed by atoms with Crippen molar-refractivity contribution in [3.05, 3.63) is 322 Å². The Kier molecular flexibility index (Phi) is 26.8. The van der Waals surface area contributed by atoms with E-state index in [2.05, 4.69) is 123 Å². The van der Waals surface area contributed by atoms with Gasteiger partial charge in [-0.25, -0.2) is 0 Å². The van der Waals surface area contributed by atoms with Crippen LogP contribution in [-0.2, 0) is 26.2 Å². The van der Waals surface area contributed by atoms with E-state index in [4.69, 9.17) is 47.4 Å². The lowest BCUT2D eigenvalue weighted by atomic mass is 10.0. The van der Waals surface area contributed by atoms with Gasteiger partial charge in [-0.05, 0) is 269 Å². The summed E-state index contributed by atoms with van der Waals surface area (Å²) in [7, 11) is 0. The van der Waals surface area contributed by atoms with Crippen LogP contribution in [0.2, 0.25) is 0 Å². The van der Waals surface area contributed by atoms with Crippen LogP contribution in [0.5, 0.6) is 69.3 Å². The Morgan fingerprint density at radius 1 is 0.347 bits per heavy atom. The minimum atomic E-state index is -0.552. The van der Waals surface area contributed by atoms with Crippen LogP contribution in [0.15, 0.2) is 243 Å². The second-order valence-corrected chi connectivity index (χ2v) is 31.9. The molecule has 22 nitrogen and oxygen atoms in total. The normalized spacial score (nSPS) is 18.1. The van der Waals surface area contributed by atoms with Crippen molar-refractivity contribution in [2.24, 2.45) is 0 Å². The molecule has 2 amide bonds. The second kappa shape index (κ2) is 39.9. The number of likely N-dealkylation sites (tertiary alicyclic amines) is 4. The van der Waals surface area contributed by atoms with Gasteiger partial charge in [-0.1, -0.05) is 84.9 Å². The van der Waals surface area contributed by atoms with Gasteiger partial charge in [-0.3, -0.25) is 39.2 Å². The van der Waals surface area contributed by atoms with Crippen LogP contribution >= 0.6 is 0 Å². The maximum absolute atomic E-state index is 13.2. The van der Waals surface area contributed by atoms with E-state index in [1.807, 2.05) is 111 Å². The second-order valence-electron chi connectivity index (χ2n) is 31.9. The number of nitrogens with one attached hydrogen (secondary N) is 2. The summed E-state index contributed by atoms with van der Waals surface area (Å²) in [6.07, 6.45) is 12.5. The smallest absolute Gasteiger partial charge is 0.255 e. The minimum absolute atomic E-state index is 0.124. The molecule has 4 aromatic heterocycles. The number of anilines is 2. The number of aryl methyl sites for hydroxylation is 2. The van der Waals surface area contributed by atoms with Crippen molar-refractivity contribution in [2.75, 3.05) is 89.7 Å². The summed E-state index contributed by atoms with van der Waals surface area (Å²) in [5.41, 5.74) is 14.4. The zero-order valence-corrected chi connectivity index (χ0v) is 69.6. The van der Waals surface area contributed by atoms with Crippen LogP contribution in [-0.4, -0.2) is 130 Å². The Morgan fingerprint density at radius 3 is 0.911 bits per heavy atom. The number of pyridine rings is 4. The molecule has 0 unspecified atom stereocenters. The van der Waals surface area contributed by atoms with Crippen molar-refractivity contribution in [1.82, 2.24) is 39.5 Å². The molecule has 8 aliphatic heterocycles. The number of hydrogen-bond acceptors (Lipinski definition) is 20. The Labute approximate surface area is 721 Å². The summed E-state index contributed by atoms with van der Waals surface area (Å²) >= 11 is 0. The first-order valence-electron chi connectivity index (χ1n) is 42.8. The fraction of sp³-hybridized carbons (Fsp3) is 0.300. The predicted octanol–water partition coefficient (Wildman–Crippen LogP) is 19.7. The Hall–Kier alpha value is -13.0. The van der Waals surface area contributed by atoms with E-state index in [1.54, 1.807) is 60.9 Å². The number of hydrogen-bond donors (Lipinski definition) is 2. The van der Waals surface area contributed by atoms with Crippen molar-refractivity contribution in [1.29, 1.82) is 0 Å². The van der Waals surface area contributed by atoms with Crippen LogP contribution in [0.25, 0.3) is 0 Å². The number of carbonyl (C=O) groups excluding carboxylic acids is 2. The number of ether oxygens (including phenoxy) is 10. The molecule has 8 aromatic carbocycles. The summed E-state index contributed by atoms with van der Waals surface area (Å²) in [6.45, 7) is 16.3. The molecule has 0 aliphatic carbocycles. The molecule has 12 heterocycles. The van der Waals surface area contributed by atoms with Gasteiger partial charge >= 0.3 is 0 Å². The highest BCUT2D eigenvalue weighted by Gasteiger charge is 2.33. The highest BCUT2D eigenvalue weighted by Crippen LogP contribution is 2.44. The molecule has 0 saturated carbocycles. The summed E-state index contributed by atoms with van der Waals surface area (Å²) in [5, 5.41) is 5.93. The number of rotatable bonds is 20. The van der Waals surface area contributed by atoms with Crippen molar-refractivity contribution in [3.8, 4) is 69.3 Å². The van der Waals surface area contributed by atoms with Gasteiger partial charge in [0.2, 0.25) is 23.7 Å². The van der Waals surface area contributed by atoms with E-state index in [1.165, 1.54) is 82.3 Å². The lowest BCUT2D eigenvalue weighted by molar-refractivity contribution is 0.101. The highest BCUT2D eigenvalue weighted by atomic mass is 19.1. The fourth-order valence-corrected chi connectivity index (χ4v) is 17.2. The van der Waals surface area contributed by atoms with E-state index in [-0.39, 0.29) is 23.6 Å². The van der Waals surface area contributed by atoms with E-state index < -0.39 is 11.9 Å². The number of aromatic nitrogens is 4. The monoisotopic (exact) mass is 1670 g/mol. The third-order valence-corrected chi connectivity index (χ3v) is 23.2. The van der Waals surface area contributed by atoms with Crippen LogP contribution in [0.4, 0.5) is 20.2 Å².